The van der Waals surface area contributed by atoms with Crippen molar-refractivity contribution in [3.05, 3.63) is 81.2 Å². The van der Waals surface area contributed by atoms with Crippen LogP contribution in [0.5, 0.6) is 0 Å². The predicted octanol–water partition coefficient (Wildman–Crippen LogP) is 5.00. The van der Waals surface area contributed by atoms with E-state index in [1.165, 1.54) is 6.21 Å². The Labute approximate surface area is 227 Å². The van der Waals surface area contributed by atoms with Gasteiger partial charge in [-0.3, -0.25) is 10.1 Å². The minimum atomic E-state index is -0.677. The molecule has 9 nitrogen and oxygen atoms in total. The van der Waals surface area contributed by atoms with Gasteiger partial charge in [-0.2, -0.15) is 4.98 Å². The largest absolute Gasteiger partial charge is 0.423 e. The third-order valence-corrected chi connectivity index (χ3v) is 6.50. The van der Waals surface area contributed by atoms with Crippen molar-refractivity contribution in [2.24, 2.45) is 4.99 Å². The van der Waals surface area contributed by atoms with Gasteiger partial charge in [-0.25, -0.2) is 4.99 Å². The third-order valence-electron chi connectivity index (χ3n) is 6.17. The summed E-state index contributed by atoms with van der Waals surface area (Å²) in [6.45, 7) is 8.70. The molecule has 0 fully saturated rings. The first-order chi connectivity index (χ1) is 18.3. The zero-order chi connectivity index (χ0) is 27.2. The number of nitrogens with one attached hydrogen (secondary N) is 5. The van der Waals surface area contributed by atoms with Crippen molar-refractivity contribution in [1.82, 2.24) is 20.9 Å². The quantitative estimate of drug-likeness (QED) is 0.246. The highest BCUT2D eigenvalue weighted by Gasteiger charge is 2.31. The topological polar surface area (TPSA) is 127 Å². The van der Waals surface area contributed by atoms with E-state index >= 15 is 0 Å². The van der Waals surface area contributed by atoms with Gasteiger partial charge in [-0.05, 0) is 50.5 Å². The Bertz CT molecular complexity index is 1450. The number of anilines is 1. The van der Waals surface area contributed by atoms with E-state index in [9.17, 15) is 4.79 Å². The Balaban J connectivity index is 1.66. The van der Waals surface area contributed by atoms with E-state index in [0.29, 0.717) is 39.4 Å². The molecule has 1 aliphatic rings. The number of para-hydroxylation sites is 1. The fourth-order valence-corrected chi connectivity index (χ4v) is 4.55. The van der Waals surface area contributed by atoms with Crippen LogP contribution in [0.2, 0.25) is 5.02 Å². The molecule has 1 unspecified atom stereocenters. The van der Waals surface area contributed by atoms with Crippen LogP contribution in [0.15, 0.2) is 68.9 Å². The molecular weight excluding hydrogens is 502 g/mol. The van der Waals surface area contributed by atoms with Gasteiger partial charge in [0.15, 0.2) is 5.58 Å². The number of carbonyl (C=O) groups excluding carboxylic acids is 1. The van der Waals surface area contributed by atoms with E-state index in [1.807, 2.05) is 57.2 Å². The molecular formula is C28H32ClN7O2. The Morgan fingerprint density at radius 2 is 2.05 bits per heavy atom. The summed E-state index contributed by atoms with van der Waals surface area (Å²) >= 11 is 6.64. The molecule has 0 radical (unpaired) electrons. The van der Waals surface area contributed by atoms with Crippen molar-refractivity contribution in [2.75, 3.05) is 18.4 Å². The molecule has 10 heteroatoms. The van der Waals surface area contributed by atoms with Gasteiger partial charge in [0.05, 0.1) is 5.57 Å². The number of allylic oxidation sites excluding steroid dienone is 1. The molecule has 38 heavy (non-hydrogen) atoms. The lowest BCUT2D eigenvalue weighted by Gasteiger charge is -2.27. The SMILES string of the molecule is CCN/C=C(\C=N)CNC(=O)C1=C(C)NC(Nc2nc3cccc(CC)c3o2)=NC1c1ccc(C)cc1Cl. The van der Waals surface area contributed by atoms with Gasteiger partial charge in [-0.1, -0.05) is 42.8 Å². The van der Waals surface area contributed by atoms with Gasteiger partial charge in [0.1, 0.15) is 11.6 Å². The van der Waals surface area contributed by atoms with Crippen molar-refractivity contribution in [3.8, 4) is 0 Å². The van der Waals surface area contributed by atoms with Crippen LogP contribution in [-0.4, -0.2) is 36.2 Å². The summed E-state index contributed by atoms with van der Waals surface area (Å²) in [7, 11) is 0. The lowest BCUT2D eigenvalue weighted by atomic mass is 9.95. The smallest absolute Gasteiger partial charge is 0.302 e. The highest BCUT2D eigenvalue weighted by molar-refractivity contribution is 6.31. The van der Waals surface area contributed by atoms with Crippen LogP contribution in [0.25, 0.3) is 11.1 Å². The lowest BCUT2D eigenvalue weighted by Crippen LogP contribution is -2.39. The average Bonchev–Trinajstić information content (AvgIpc) is 3.31. The number of fused-ring (bicyclic) bond motifs is 1. The van der Waals surface area contributed by atoms with Crippen molar-refractivity contribution in [2.45, 2.75) is 40.2 Å². The summed E-state index contributed by atoms with van der Waals surface area (Å²) in [5.41, 5.74) is 5.93. The molecule has 4 rings (SSSR count). The molecule has 1 aromatic heterocycles. The van der Waals surface area contributed by atoms with E-state index in [2.05, 4.69) is 33.2 Å². The summed E-state index contributed by atoms with van der Waals surface area (Å²) in [6.07, 6.45) is 3.75. The van der Waals surface area contributed by atoms with E-state index in [1.54, 1.807) is 6.20 Å². The van der Waals surface area contributed by atoms with Crippen molar-refractivity contribution in [1.29, 1.82) is 5.41 Å². The fraction of sp³-hybridized carbons (Fsp3) is 0.286. The van der Waals surface area contributed by atoms with Crippen LogP contribution in [0.4, 0.5) is 6.01 Å². The van der Waals surface area contributed by atoms with Crippen molar-refractivity contribution in [3.63, 3.8) is 0 Å². The fourth-order valence-electron chi connectivity index (χ4n) is 4.21. The minimum absolute atomic E-state index is 0.192. The molecule has 0 bridgehead atoms. The van der Waals surface area contributed by atoms with Crippen LogP contribution < -0.4 is 21.3 Å². The number of hydrogen-bond donors (Lipinski definition) is 5. The van der Waals surface area contributed by atoms with E-state index < -0.39 is 6.04 Å². The first kappa shape index (κ1) is 26.9. The first-order valence-electron chi connectivity index (χ1n) is 12.5. The molecule has 3 aromatic rings. The van der Waals surface area contributed by atoms with Crippen LogP contribution in [0.1, 0.15) is 43.5 Å². The maximum atomic E-state index is 13.4. The highest BCUT2D eigenvalue weighted by Crippen LogP contribution is 2.35. The van der Waals surface area contributed by atoms with E-state index in [4.69, 9.17) is 26.4 Å². The number of aliphatic imine (C=N–C) groups is 1. The third kappa shape index (κ3) is 5.89. The summed E-state index contributed by atoms with van der Waals surface area (Å²) in [5.74, 6) is 0.0793. The number of aryl methyl sites for hydroxylation is 2. The second-order valence-corrected chi connectivity index (χ2v) is 9.34. The van der Waals surface area contributed by atoms with Gasteiger partial charge in [0.25, 0.3) is 5.91 Å². The Kier molecular flexibility index (Phi) is 8.48. The molecule has 0 saturated heterocycles. The average molecular weight is 534 g/mol. The number of nitrogens with zero attached hydrogens (tertiary/aromatic N) is 2. The maximum absolute atomic E-state index is 13.4. The molecule has 1 atom stereocenters. The first-order valence-corrected chi connectivity index (χ1v) is 12.9. The van der Waals surface area contributed by atoms with Gasteiger partial charge < -0.3 is 25.8 Å². The Hall–Kier alpha value is -4.11. The zero-order valence-electron chi connectivity index (χ0n) is 21.9. The van der Waals surface area contributed by atoms with Crippen molar-refractivity contribution >= 4 is 46.8 Å². The standard InChI is InChI=1S/C28H32ClN7O2/c1-5-19-8-7-9-22-25(19)38-28(34-22)36-27-33-17(4)23(26(37)32-15-18(13-30)14-31-6-2)24(35-27)20-11-10-16(3)12-21(20)29/h7-14,24,30-31H,5-6,15H2,1-4H3,(H,32,37)(H2,33,34,35,36)/b18-14+,30-13?. The molecule has 198 valence electrons. The monoisotopic (exact) mass is 533 g/mol. The number of carbonyl (C=O) groups is 1. The predicted molar refractivity (Wildman–Crippen MR) is 153 cm³/mol. The number of aromatic nitrogens is 1. The number of halogens is 1. The summed E-state index contributed by atoms with van der Waals surface area (Å²) in [5, 5.41) is 20.4. The van der Waals surface area contributed by atoms with Gasteiger partial charge in [0.2, 0.25) is 5.96 Å². The summed E-state index contributed by atoms with van der Waals surface area (Å²) in [6, 6.07) is 11.2. The number of rotatable bonds is 9. The highest BCUT2D eigenvalue weighted by atomic mass is 35.5. The van der Waals surface area contributed by atoms with Crippen molar-refractivity contribution < 1.29 is 9.21 Å². The number of hydrogen-bond acceptors (Lipinski definition) is 8. The lowest BCUT2D eigenvalue weighted by molar-refractivity contribution is -0.117. The molecule has 1 aliphatic heterocycles. The second kappa shape index (κ2) is 12.0. The minimum Gasteiger partial charge on any atom is -0.423 e. The van der Waals surface area contributed by atoms with Crippen LogP contribution in [0, 0.1) is 12.3 Å². The molecule has 0 saturated carbocycles. The summed E-state index contributed by atoms with van der Waals surface area (Å²) in [4.78, 5) is 22.8. The number of guanidine groups is 1. The van der Waals surface area contributed by atoms with E-state index in [0.717, 1.165) is 35.2 Å². The molecule has 2 heterocycles. The Morgan fingerprint density at radius 1 is 1.24 bits per heavy atom. The molecule has 0 aliphatic carbocycles. The van der Waals surface area contributed by atoms with Crippen LogP contribution in [0.3, 0.4) is 0 Å². The normalized spacial score (nSPS) is 15.7. The molecule has 2 aromatic carbocycles. The second-order valence-electron chi connectivity index (χ2n) is 8.94. The van der Waals surface area contributed by atoms with Crippen LogP contribution in [-0.2, 0) is 11.2 Å². The van der Waals surface area contributed by atoms with Gasteiger partial charge in [0, 0.05) is 47.4 Å². The van der Waals surface area contributed by atoms with Crippen LogP contribution >= 0.6 is 11.6 Å². The molecule has 0 spiro atoms. The number of benzene rings is 2. The Morgan fingerprint density at radius 3 is 2.76 bits per heavy atom. The number of amides is 1. The van der Waals surface area contributed by atoms with Gasteiger partial charge in [-0.15, -0.1) is 0 Å². The molecule has 1 amide bonds. The van der Waals surface area contributed by atoms with E-state index in [-0.39, 0.29) is 12.5 Å². The molecule has 5 N–H and O–H groups in total. The van der Waals surface area contributed by atoms with Gasteiger partial charge >= 0.3 is 6.01 Å². The zero-order valence-corrected chi connectivity index (χ0v) is 22.7. The number of oxazole rings is 1. The maximum Gasteiger partial charge on any atom is 0.302 e. The summed E-state index contributed by atoms with van der Waals surface area (Å²) < 4.78 is 5.99.